The van der Waals surface area contributed by atoms with Crippen molar-refractivity contribution in [2.24, 2.45) is 0 Å². The number of benzene rings is 2. The average Bonchev–Trinajstić information content (AvgIpc) is 2.61. The van der Waals surface area contributed by atoms with Gasteiger partial charge in [0, 0.05) is 5.92 Å². The van der Waals surface area contributed by atoms with E-state index in [1.807, 2.05) is 25.0 Å². The fourth-order valence-corrected chi connectivity index (χ4v) is 4.88. The van der Waals surface area contributed by atoms with E-state index in [0.717, 1.165) is 19.6 Å². The molecule has 0 heterocycles. The number of phenols is 2. The predicted octanol–water partition coefficient (Wildman–Crippen LogP) is 6.14. The van der Waals surface area contributed by atoms with E-state index in [0.29, 0.717) is 11.5 Å². The van der Waals surface area contributed by atoms with E-state index in [1.54, 1.807) is 47.0 Å². The Labute approximate surface area is 161 Å². The Balaban J connectivity index is 2.54. The van der Waals surface area contributed by atoms with Crippen molar-refractivity contribution < 1.29 is 10.2 Å². The Kier molecular flexibility index (Phi) is 7.16. The number of aromatic hydroxyl groups is 2. The highest BCUT2D eigenvalue weighted by molar-refractivity contribution is 8.00. The number of hydrogen-bond donors (Lipinski definition) is 2. The molecule has 2 nitrogen and oxygen atoms in total. The third kappa shape index (κ3) is 3.98. The summed E-state index contributed by atoms with van der Waals surface area (Å²) in [5, 5.41) is 20.6. The maximum atomic E-state index is 10.3. The number of rotatable bonds is 6. The molecule has 2 rings (SSSR count). The summed E-state index contributed by atoms with van der Waals surface area (Å²) in [6.45, 7) is 2.17. The van der Waals surface area contributed by atoms with Gasteiger partial charge in [-0.2, -0.15) is 0 Å². The smallest absolute Gasteiger partial charge is 0.142 e. The first-order valence-corrected chi connectivity index (χ1v) is 12.3. The maximum absolute atomic E-state index is 10.3. The summed E-state index contributed by atoms with van der Waals surface area (Å²) in [6, 6.07) is 8.26. The van der Waals surface area contributed by atoms with Gasteiger partial charge in [-0.05, 0) is 60.4 Å². The first kappa shape index (κ1) is 19.8. The van der Waals surface area contributed by atoms with Crippen molar-refractivity contribution in [3.63, 3.8) is 0 Å². The van der Waals surface area contributed by atoms with Crippen molar-refractivity contribution in [3.05, 3.63) is 35.4 Å². The molecule has 0 aromatic heterocycles. The maximum Gasteiger partial charge on any atom is 0.142 e. The van der Waals surface area contributed by atoms with Crippen molar-refractivity contribution in [2.75, 3.05) is 25.0 Å². The quantitative estimate of drug-likeness (QED) is 0.570. The molecule has 0 aliphatic heterocycles. The lowest BCUT2D eigenvalue weighted by Gasteiger charge is -2.18. The molecule has 2 N–H and O–H groups in total. The summed E-state index contributed by atoms with van der Waals surface area (Å²) in [5.74, 6) is 0.914. The summed E-state index contributed by atoms with van der Waals surface area (Å²) in [6.07, 6.45) is 7.91. The van der Waals surface area contributed by atoms with Crippen LogP contribution in [0.5, 0.6) is 11.5 Å². The minimum atomic E-state index is 0.180. The zero-order valence-corrected chi connectivity index (χ0v) is 17.7. The van der Waals surface area contributed by atoms with Crippen LogP contribution in [0.3, 0.4) is 0 Å². The lowest BCUT2D eigenvalue weighted by atomic mass is 9.93. The second-order valence-electron chi connectivity index (χ2n) is 5.27. The fraction of sp³-hybridized carbons (Fsp3) is 0.333. The number of thioether (sulfide) groups is 4. The molecule has 130 valence electrons. The minimum absolute atomic E-state index is 0.180. The molecule has 6 heteroatoms. The van der Waals surface area contributed by atoms with Gasteiger partial charge >= 0.3 is 0 Å². The van der Waals surface area contributed by atoms with Crippen molar-refractivity contribution >= 4 is 47.0 Å². The number of hydrogen-bond acceptors (Lipinski definition) is 6. The Morgan fingerprint density at radius 1 is 0.625 bits per heavy atom. The molecule has 2 aromatic carbocycles. The van der Waals surface area contributed by atoms with Crippen LogP contribution in [-0.2, 0) is 0 Å². The van der Waals surface area contributed by atoms with E-state index in [-0.39, 0.29) is 5.92 Å². The van der Waals surface area contributed by atoms with E-state index in [9.17, 15) is 10.2 Å². The SMILES string of the molecule is CSc1cc(C(C)c2cc(SC)c(O)c(SC)c2)cc(SC)c1O. The fourth-order valence-electron chi connectivity index (χ4n) is 2.52. The largest absolute Gasteiger partial charge is 0.506 e. The highest BCUT2D eigenvalue weighted by Crippen LogP contribution is 2.42. The molecular weight excluding hydrogens is 376 g/mol. The third-order valence-electron chi connectivity index (χ3n) is 4.00. The van der Waals surface area contributed by atoms with Gasteiger partial charge in [0.25, 0.3) is 0 Å². The van der Waals surface area contributed by atoms with Gasteiger partial charge in [-0.15, -0.1) is 47.0 Å². The molecule has 24 heavy (non-hydrogen) atoms. The minimum Gasteiger partial charge on any atom is -0.506 e. The second-order valence-corrected chi connectivity index (χ2v) is 8.66. The van der Waals surface area contributed by atoms with Crippen LogP contribution >= 0.6 is 47.0 Å². The van der Waals surface area contributed by atoms with Crippen LogP contribution in [0, 0.1) is 0 Å². The zero-order valence-electron chi connectivity index (χ0n) is 14.4. The monoisotopic (exact) mass is 398 g/mol. The van der Waals surface area contributed by atoms with E-state index in [2.05, 4.69) is 31.2 Å². The topological polar surface area (TPSA) is 40.5 Å². The molecule has 0 aliphatic carbocycles. The Bertz CT molecular complexity index is 619. The first-order valence-electron chi connectivity index (χ1n) is 7.36. The van der Waals surface area contributed by atoms with Crippen LogP contribution in [0.15, 0.2) is 43.8 Å². The highest BCUT2D eigenvalue weighted by Gasteiger charge is 2.17. The van der Waals surface area contributed by atoms with Crippen LogP contribution in [0.2, 0.25) is 0 Å². The summed E-state index contributed by atoms with van der Waals surface area (Å²) in [4.78, 5) is 3.60. The van der Waals surface area contributed by atoms with Gasteiger partial charge < -0.3 is 10.2 Å². The second kappa shape index (κ2) is 8.70. The van der Waals surface area contributed by atoms with E-state index in [1.165, 1.54) is 11.1 Å². The molecule has 0 saturated carbocycles. The summed E-state index contributed by atoms with van der Waals surface area (Å²) >= 11 is 6.23. The van der Waals surface area contributed by atoms with Gasteiger partial charge in [0.15, 0.2) is 0 Å². The lowest BCUT2D eigenvalue weighted by molar-refractivity contribution is 0.448. The molecule has 0 unspecified atom stereocenters. The molecular formula is C18H22O2S4. The van der Waals surface area contributed by atoms with Gasteiger partial charge in [-0.1, -0.05) is 6.92 Å². The van der Waals surface area contributed by atoms with E-state index >= 15 is 0 Å². The van der Waals surface area contributed by atoms with Gasteiger partial charge in [0.05, 0.1) is 19.6 Å². The molecule has 0 radical (unpaired) electrons. The van der Waals surface area contributed by atoms with Crippen LogP contribution in [-0.4, -0.2) is 35.2 Å². The van der Waals surface area contributed by atoms with E-state index < -0.39 is 0 Å². The molecule has 2 aromatic rings. The Morgan fingerprint density at radius 2 is 0.875 bits per heavy atom. The molecule has 0 fully saturated rings. The van der Waals surface area contributed by atoms with Crippen LogP contribution in [0.1, 0.15) is 24.0 Å². The summed E-state index contributed by atoms with van der Waals surface area (Å²) in [7, 11) is 0. The predicted molar refractivity (Wildman–Crippen MR) is 111 cm³/mol. The Hall–Kier alpha value is -0.560. The highest BCUT2D eigenvalue weighted by atomic mass is 32.2. The lowest BCUT2D eigenvalue weighted by Crippen LogP contribution is -1.98. The average molecular weight is 399 g/mol. The molecule has 0 amide bonds. The standard InChI is InChI=1S/C18H22O2S4/c1-10(11-6-13(21-2)17(19)14(7-11)22-3)12-8-15(23-4)18(20)16(9-12)24-5/h6-10,19-20H,1-5H3. The Morgan fingerprint density at radius 3 is 1.08 bits per heavy atom. The van der Waals surface area contributed by atoms with Crippen molar-refractivity contribution in [2.45, 2.75) is 32.4 Å². The van der Waals surface area contributed by atoms with Crippen molar-refractivity contribution in [1.29, 1.82) is 0 Å². The van der Waals surface area contributed by atoms with Gasteiger partial charge in [0.2, 0.25) is 0 Å². The molecule has 0 saturated heterocycles. The molecule has 0 atom stereocenters. The molecule has 0 spiro atoms. The van der Waals surface area contributed by atoms with Crippen LogP contribution in [0.4, 0.5) is 0 Å². The van der Waals surface area contributed by atoms with Gasteiger partial charge in [0.1, 0.15) is 11.5 Å². The summed E-state index contributed by atoms with van der Waals surface area (Å²) in [5.41, 5.74) is 2.34. The van der Waals surface area contributed by atoms with Gasteiger partial charge in [-0.3, -0.25) is 0 Å². The van der Waals surface area contributed by atoms with Crippen LogP contribution in [0.25, 0.3) is 0 Å². The summed E-state index contributed by atoms with van der Waals surface area (Å²) < 4.78 is 0. The van der Waals surface area contributed by atoms with Gasteiger partial charge in [-0.25, -0.2) is 0 Å². The number of phenolic OH excluding ortho intramolecular Hbond substituents is 2. The van der Waals surface area contributed by atoms with Crippen molar-refractivity contribution in [1.82, 2.24) is 0 Å². The zero-order chi connectivity index (χ0) is 17.9. The molecule has 0 aliphatic rings. The third-order valence-corrected chi connectivity index (χ3v) is 7.01. The first-order chi connectivity index (χ1) is 11.5. The van der Waals surface area contributed by atoms with E-state index in [4.69, 9.17) is 0 Å². The van der Waals surface area contributed by atoms with Crippen LogP contribution < -0.4 is 0 Å². The normalized spacial score (nSPS) is 11.2. The van der Waals surface area contributed by atoms with Crippen molar-refractivity contribution in [3.8, 4) is 11.5 Å². The molecule has 0 bridgehead atoms.